The number of allylic oxidation sites excluding steroid dienone is 1. The molecule has 0 saturated heterocycles. The summed E-state index contributed by atoms with van der Waals surface area (Å²) in [6, 6.07) is 19.6. The predicted molar refractivity (Wildman–Crippen MR) is 111 cm³/mol. The summed E-state index contributed by atoms with van der Waals surface area (Å²) in [7, 11) is -3.57. The van der Waals surface area contributed by atoms with Crippen molar-refractivity contribution < 1.29 is 8.42 Å². The van der Waals surface area contributed by atoms with Crippen LogP contribution in [0, 0.1) is 13.8 Å². The first-order valence-corrected chi connectivity index (χ1v) is 10.7. The Morgan fingerprint density at radius 1 is 0.815 bits per heavy atom. The van der Waals surface area contributed by atoms with Gasteiger partial charge in [0.2, 0.25) is 9.84 Å². The van der Waals surface area contributed by atoms with Gasteiger partial charge in [-0.05, 0) is 66.8 Å². The summed E-state index contributed by atoms with van der Waals surface area (Å²) in [5.74, 6) is 0. The van der Waals surface area contributed by atoms with E-state index in [1.54, 1.807) is 12.1 Å². The van der Waals surface area contributed by atoms with Crippen molar-refractivity contribution in [3.63, 3.8) is 0 Å². The van der Waals surface area contributed by atoms with Crippen molar-refractivity contribution in [2.45, 2.75) is 31.6 Å². The molecule has 3 aromatic carbocycles. The lowest BCUT2D eigenvalue weighted by molar-refractivity contribution is 0.593. The molecule has 0 radical (unpaired) electrons. The number of benzene rings is 3. The fourth-order valence-electron chi connectivity index (χ4n) is 3.61. The second-order valence-electron chi connectivity index (χ2n) is 7.22. The number of hydrogen-bond donors (Lipinski definition) is 1. The summed E-state index contributed by atoms with van der Waals surface area (Å²) in [6.07, 6.45) is 1.68. The zero-order valence-corrected chi connectivity index (χ0v) is 16.4. The second-order valence-corrected chi connectivity index (χ2v) is 9.11. The van der Waals surface area contributed by atoms with Crippen molar-refractivity contribution in [3.05, 3.63) is 82.4 Å². The van der Waals surface area contributed by atoms with Crippen LogP contribution in [0.2, 0.25) is 0 Å². The first-order valence-electron chi connectivity index (χ1n) is 9.25. The maximum atomic E-state index is 13.3. The van der Waals surface area contributed by atoms with Crippen molar-refractivity contribution >= 4 is 26.2 Å². The topological polar surface area (TPSA) is 46.2 Å². The fourth-order valence-corrected chi connectivity index (χ4v) is 5.18. The number of rotatable bonds is 3. The normalized spacial score (nSPS) is 15.0. The molecule has 0 aliphatic carbocycles. The summed E-state index contributed by atoms with van der Waals surface area (Å²) in [5.41, 5.74) is 4.10. The number of fused-ring (bicyclic) bond motifs is 1. The van der Waals surface area contributed by atoms with Crippen molar-refractivity contribution in [2.24, 2.45) is 0 Å². The van der Waals surface area contributed by atoms with Gasteiger partial charge in [0.15, 0.2) is 0 Å². The molecule has 0 unspecified atom stereocenters. The Bertz CT molecular complexity index is 1140. The Morgan fingerprint density at radius 3 is 2.30 bits per heavy atom. The van der Waals surface area contributed by atoms with E-state index in [9.17, 15) is 8.42 Å². The maximum absolute atomic E-state index is 13.3. The van der Waals surface area contributed by atoms with E-state index < -0.39 is 9.84 Å². The van der Waals surface area contributed by atoms with Crippen LogP contribution in [0.15, 0.2) is 70.6 Å². The highest BCUT2D eigenvalue weighted by molar-refractivity contribution is 7.95. The molecular formula is C23H23NO2S. The van der Waals surface area contributed by atoms with E-state index in [2.05, 4.69) is 42.6 Å². The van der Waals surface area contributed by atoms with Crippen molar-refractivity contribution in [1.82, 2.24) is 5.32 Å². The Hall–Kier alpha value is -2.59. The minimum atomic E-state index is -3.57. The quantitative estimate of drug-likeness (QED) is 0.700. The van der Waals surface area contributed by atoms with E-state index in [1.165, 1.54) is 5.56 Å². The van der Waals surface area contributed by atoms with E-state index in [0.29, 0.717) is 16.5 Å². The highest BCUT2D eigenvalue weighted by atomic mass is 32.2. The molecule has 0 spiro atoms. The van der Waals surface area contributed by atoms with Gasteiger partial charge < -0.3 is 5.32 Å². The Morgan fingerprint density at radius 2 is 1.52 bits per heavy atom. The number of sulfone groups is 1. The lowest BCUT2D eigenvalue weighted by Gasteiger charge is -2.23. The van der Waals surface area contributed by atoms with Crippen LogP contribution < -0.4 is 5.32 Å². The third-order valence-electron chi connectivity index (χ3n) is 5.11. The molecule has 0 amide bonds. The van der Waals surface area contributed by atoms with Crippen LogP contribution in [0.3, 0.4) is 0 Å². The van der Waals surface area contributed by atoms with Gasteiger partial charge >= 0.3 is 0 Å². The molecule has 138 valence electrons. The van der Waals surface area contributed by atoms with Crippen molar-refractivity contribution in [2.75, 3.05) is 6.54 Å². The average Bonchev–Trinajstić information content (AvgIpc) is 2.68. The maximum Gasteiger partial charge on any atom is 0.221 e. The largest absolute Gasteiger partial charge is 0.375 e. The van der Waals surface area contributed by atoms with Gasteiger partial charge in [0, 0.05) is 6.54 Å². The lowest BCUT2D eigenvalue weighted by Crippen LogP contribution is -2.27. The lowest BCUT2D eigenvalue weighted by atomic mass is 9.96. The SMILES string of the molecule is Cc1ccc(S(=O)(=O)C2=C(c3ccc4ccc(C)cc4c3)CCCN2)cc1. The van der Waals surface area contributed by atoms with Crippen LogP contribution in [0.5, 0.6) is 0 Å². The Labute approximate surface area is 160 Å². The third kappa shape index (κ3) is 3.37. The predicted octanol–water partition coefficient (Wildman–Crippen LogP) is 4.98. The number of aryl methyl sites for hydroxylation is 2. The molecule has 1 aliphatic heterocycles. The van der Waals surface area contributed by atoms with Gasteiger partial charge in [0.25, 0.3) is 0 Å². The Balaban J connectivity index is 1.88. The van der Waals surface area contributed by atoms with Crippen LogP contribution in [0.4, 0.5) is 0 Å². The van der Waals surface area contributed by atoms with E-state index in [4.69, 9.17) is 0 Å². The highest BCUT2D eigenvalue weighted by Gasteiger charge is 2.27. The molecule has 1 heterocycles. The minimum absolute atomic E-state index is 0.339. The summed E-state index contributed by atoms with van der Waals surface area (Å²) >= 11 is 0. The molecule has 1 aliphatic rings. The van der Waals surface area contributed by atoms with Gasteiger partial charge in [-0.25, -0.2) is 8.42 Å². The molecule has 3 aromatic rings. The molecular weight excluding hydrogens is 354 g/mol. The molecule has 4 rings (SSSR count). The van der Waals surface area contributed by atoms with Gasteiger partial charge in [-0.1, -0.05) is 53.6 Å². The van der Waals surface area contributed by atoms with Crippen LogP contribution >= 0.6 is 0 Å². The average molecular weight is 378 g/mol. The Kier molecular flexibility index (Phi) is 4.52. The smallest absolute Gasteiger partial charge is 0.221 e. The summed E-state index contributed by atoms with van der Waals surface area (Å²) < 4.78 is 26.6. The van der Waals surface area contributed by atoms with E-state index in [1.807, 2.05) is 25.1 Å². The third-order valence-corrected chi connectivity index (χ3v) is 6.93. The van der Waals surface area contributed by atoms with Gasteiger partial charge in [0.05, 0.1) is 4.90 Å². The first kappa shape index (κ1) is 17.8. The first-order chi connectivity index (χ1) is 12.9. The molecule has 27 heavy (non-hydrogen) atoms. The highest BCUT2D eigenvalue weighted by Crippen LogP contribution is 2.33. The summed E-state index contributed by atoms with van der Waals surface area (Å²) in [6.45, 7) is 4.70. The molecule has 0 bridgehead atoms. The number of nitrogens with one attached hydrogen (secondary N) is 1. The van der Waals surface area contributed by atoms with Gasteiger partial charge in [0.1, 0.15) is 5.03 Å². The summed E-state index contributed by atoms with van der Waals surface area (Å²) in [4.78, 5) is 0.339. The van der Waals surface area contributed by atoms with Gasteiger partial charge in [-0.3, -0.25) is 0 Å². The summed E-state index contributed by atoms with van der Waals surface area (Å²) in [5, 5.41) is 5.82. The second kappa shape index (κ2) is 6.86. The van der Waals surface area contributed by atoms with Gasteiger partial charge in [-0.15, -0.1) is 0 Å². The molecule has 3 nitrogen and oxygen atoms in total. The molecule has 4 heteroatoms. The van der Waals surface area contributed by atoms with Gasteiger partial charge in [-0.2, -0.15) is 0 Å². The standard InChI is InChI=1S/C23H23NO2S/c1-16-6-11-21(12-7-16)27(25,26)23-22(4-3-13-24-23)19-10-9-18-8-5-17(2)14-20(18)15-19/h5-12,14-15,24H,3-4,13H2,1-2H3. The van der Waals surface area contributed by atoms with Crippen molar-refractivity contribution in [3.8, 4) is 0 Å². The van der Waals surface area contributed by atoms with E-state index in [-0.39, 0.29) is 0 Å². The van der Waals surface area contributed by atoms with Crippen LogP contribution in [0.1, 0.15) is 29.5 Å². The van der Waals surface area contributed by atoms with Crippen molar-refractivity contribution in [1.29, 1.82) is 0 Å². The minimum Gasteiger partial charge on any atom is -0.375 e. The van der Waals surface area contributed by atoms with Crippen LogP contribution in [-0.2, 0) is 9.84 Å². The zero-order chi connectivity index (χ0) is 19.0. The van der Waals surface area contributed by atoms with E-state index >= 15 is 0 Å². The fraction of sp³-hybridized carbons (Fsp3) is 0.217. The van der Waals surface area contributed by atoms with Crippen LogP contribution in [-0.4, -0.2) is 15.0 Å². The monoisotopic (exact) mass is 377 g/mol. The number of hydrogen-bond acceptors (Lipinski definition) is 3. The molecule has 0 saturated carbocycles. The molecule has 0 atom stereocenters. The van der Waals surface area contributed by atoms with Crippen LogP contribution in [0.25, 0.3) is 16.3 Å². The zero-order valence-electron chi connectivity index (χ0n) is 15.6. The molecule has 0 fully saturated rings. The molecule has 0 aromatic heterocycles. The molecule has 1 N–H and O–H groups in total. The van der Waals surface area contributed by atoms with E-state index in [0.717, 1.165) is 40.3 Å².